The van der Waals surface area contributed by atoms with Crippen LogP contribution in [0.15, 0.2) is 18.3 Å². The second-order valence-electron chi connectivity index (χ2n) is 4.58. The molecule has 2 rings (SSSR count). The van der Waals surface area contributed by atoms with Gasteiger partial charge in [-0.15, -0.1) is 0 Å². The summed E-state index contributed by atoms with van der Waals surface area (Å²) in [6.45, 7) is 6.49. The Balaban J connectivity index is 2.06. The molecular weight excluding hydrogens is 230 g/mol. The van der Waals surface area contributed by atoms with Crippen LogP contribution in [0.3, 0.4) is 0 Å². The van der Waals surface area contributed by atoms with Crippen LogP contribution in [0, 0.1) is 0 Å². The van der Waals surface area contributed by atoms with Crippen molar-refractivity contribution < 1.29 is 0 Å². The van der Waals surface area contributed by atoms with Crippen LogP contribution in [-0.4, -0.2) is 29.1 Å². The zero-order valence-electron chi connectivity index (χ0n) is 10.6. The van der Waals surface area contributed by atoms with Crippen LogP contribution in [0.25, 0.3) is 0 Å². The lowest BCUT2D eigenvalue weighted by molar-refractivity contribution is 0.723. The van der Waals surface area contributed by atoms with Gasteiger partial charge in [0.1, 0.15) is 0 Å². The van der Waals surface area contributed by atoms with Crippen molar-refractivity contribution in [1.29, 1.82) is 0 Å². The molecule has 17 heavy (non-hydrogen) atoms. The summed E-state index contributed by atoms with van der Waals surface area (Å²) in [6, 6.07) is 4.21. The molecule has 0 aromatic carbocycles. The highest BCUT2D eigenvalue weighted by molar-refractivity contribution is 8.00. The van der Waals surface area contributed by atoms with E-state index in [0.717, 1.165) is 24.0 Å². The predicted molar refractivity (Wildman–Crippen MR) is 75.6 cm³/mol. The smallest absolute Gasteiger partial charge is 0.0569 e. The van der Waals surface area contributed by atoms with Crippen molar-refractivity contribution in [1.82, 2.24) is 4.98 Å². The van der Waals surface area contributed by atoms with Gasteiger partial charge >= 0.3 is 0 Å². The van der Waals surface area contributed by atoms with Crippen LogP contribution in [0.4, 0.5) is 5.69 Å². The summed E-state index contributed by atoms with van der Waals surface area (Å²) in [6.07, 6.45) is 3.20. The number of nitrogens with two attached hydrogens (primary N) is 1. The minimum Gasteiger partial charge on any atom is -0.368 e. The molecule has 0 spiro atoms. The van der Waals surface area contributed by atoms with Crippen LogP contribution in [0.2, 0.25) is 0 Å². The van der Waals surface area contributed by atoms with Crippen molar-refractivity contribution >= 4 is 17.4 Å². The lowest BCUT2D eigenvalue weighted by atomic mass is 10.2. The molecule has 2 N–H and O–H groups in total. The van der Waals surface area contributed by atoms with E-state index >= 15 is 0 Å². The van der Waals surface area contributed by atoms with Crippen LogP contribution < -0.4 is 10.6 Å². The molecule has 0 aliphatic carbocycles. The number of aromatic nitrogens is 1. The fourth-order valence-electron chi connectivity index (χ4n) is 2.05. The van der Waals surface area contributed by atoms with Crippen molar-refractivity contribution in [2.75, 3.05) is 23.7 Å². The van der Waals surface area contributed by atoms with E-state index in [2.05, 4.69) is 34.6 Å². The SMILES string of the molecule is CCC1CN(c2ccc([C@H](C)N)nc2)CCS1. The summed E-state index contributed by atoms with van der Waals surface area (Å²) < 4.78 is 0. The van der Waals surface area contributed by atoms with Crippen molar-refractivity contribution in [3.8, 4) is 0 Å². The normalized spacial score (nSPS) is 22.5. The van der Waals surface area contributed by atoms with Gasteiger partial charge in [0.2, 0.25) is 0 Å². The van der Waals surface area contributed by atoms with Crippen LogP contribution in [-0.2, 0) is 0 Å². The first-order chi connectivity index (χ1) is 8.20. The van der Waals surface area contributed by atoms with Gasteiger partial charge in [-0.1, -0.05) is 6.92 Å². The molecule has 1 aromatic rings. The molecule has 1 aromatic heterocycles. The Morgan fingerprint density at radius 2 is 2.41 bits per heavy atom. The molecule has 0 radical (unpaired) electrons. The van der Waals surface area contributed by atoms with E-state index in [4.69, 9.17) is 5.73 Å². The molecule has 94 valence electrons. The first kappa shape index (κ1) is 12.7. The number of hydrogen-bond acceptors (Lipinski definition) is 4. The van der Waals surface area contributed by atoms with Crippen LogP contribution in [0.5, 0.6) is 0 Å². The number of thioether (sulfide) groups is 1. The second kappa shape index (κ2) is 5.74. The molecule has 1 saturated heterocycles. The summed E-state index contributed by atoms with van der Waals surface area (Å²) in [7, 11) is 0. The molecule has 0 bridgehead atoms. The fraction of sp³-hybridized carbons (Fsp3) is 0.615. The molecule has 0 saturated carbocycles. The third-order valence-corrected chi connectivity index (χ3v) is 4.57. The van der Waals surface area contributed by atoms with Crippen molar-refractivity contribution in [2.45, 2.75) is 31.6 Å². The Morgan fingerprint density at radius 3 is 3.00 bits per heavy atom. The lowest BCUT2D eigenvalue weighted by Gasteiger charge is -2.33. The van der Waals surface area contributed by atoms with E-state index in [1.165, 1.54) is 17.9 Å². The highest BCUT2D eigenvalue weighted by atomic mass is 32.2. The Morgan fingerprint density at radius 1 is 1.59 bits per heavy atom. The maximum Gasteiger partial charge on any atom is 0.0569 e. The number of hydrogen-bond donors (Lipinski definition) is 1. The van der Waals surface area contributed by atoms with E-state index in [9.17, 15) is 0 Å². The predicted octanol–water partition coefficient (Wildman–Crippen LogP) is 2.43. The first-order valence-corrected chi connectivity index (χ1v) is 7.33. The van der Waals surface area contributed by atoms with Crippen molar-refractivity contribution in [3.63, 3.8) is 0 Å². The van der Waals surface area contributed by atoms with Gasteiger partial charge < -0.3 is 10.6 Å². The third kappa shape index (κ3) is 3.13. The molecule has 2 atom stereocenters. The van der Waals surface area contributed by atoms with E-state index in [0.29, 0.717) is 0 Å². The maximum atomic E-state index is 5.81. The monoisotopic (exact) mass is 251 g/mol. The standard InChI is InChI=1S/C13H21N3S/c1-3-12-9-16(6-7-17-12)11-4-5-13(10(2)14)15-8-11/h4-5,8,10,12H,3,6-7,9,14H2,1-2H3/t10-,12?/m0/s1. The first-order valence-electron chi connectivity index (χ1n) is 6.28. The van der Waals surface area contributed by atoms with Gasteiger partial charge in [0.25, 0.3) is 0 Å². The van der Waals surface area contributed by atoms with Gasteiger partial charge in [-0.3, -0.25) is 4.98 Å². The number of anilines is 1. The molecule has 4 heteroatoms. The Hall–Kier alpha value is -0.740. The molecule has 2 heterocycles. The topological polar surface area (TPSA) is 42.1 Å². The molecule has 1 fully saturated rings. The maximum absolute atomic E-state index is 5.81. The number of pyridine rings is 1. The molecule has 1 unspecified atom stereocenters. The van der Waals surface area contributed by atoms with E-state index in [-0.39, 0.29) is 6.04 Å². The summed E-state index contributed by atoms with van der Waals surface area (Å²) in [5.41, 5.74) is 8.00. The minimum absolute atomic E-state index is 0.0179. The van der Waals surface area contributed by atoms with E-state index < -0.39 is 0 Å². The van der Waals surface area contributed by atoms with Crippen LogP contribution >= 0.6 is 11.8 Å². The summed E-state index contributed by atoms with van der Waals surface area (Å²) >= 11 is 2.09. The summed E-state index contributed by atoms with van der Waals surface area (Å²) in [4.78, 5) is 6.86. The lowest BCUT2D eigenvalue weighted by Crippen LogP contribution is -2.37. The number of rotatable bonds is 3. The summed E-state index contributed by atoms with van der Waals surface area (Å²) in [5, 5.41) is 0.761. The van der Waals surface area contributed by atoms with Crippen molar-refractivity contribution in [2.24, 2.45) is 5.73 Å². The highest BCUT2D eigenvalue weighted by Gasteiger charge is 2.19. The average Bonchev–Trinajstić information content (AvgIpc) is 2.39. The Bertz CT molecular complexity index is 350. The zero-order valence-corrected chi connectivity index (χ0v) is 11.4. The molecule has 1 aliphatic heterocycles. The molecule has 1 aliphatic rings. The molecule has 3 nitrogen and oxygen atoms in total. The van der Waals surface area contributed by atoms with Crippen molar-refractivity contribution in [3.05, 3.63) is 24.0 Å². The summed E-state index contributed by atoms with van der Waals surface area (Å²) in [5.74, 6) is 1.22. The largest absolute Gasteiger partial charge is 0.368 e. The van der Waals surface area contributed by atoms with Gasteiger partial charge in [0.05, 0.1) is 17.6 Å². The zero-order chi connectivity index (χ0) is 12.3. The van der Waals surface area contributed by atoms with E-state index in [1.54, 1.807) is 0 Å². The Labute approximate surface area is 108 Å². The average molecular weight is 251 g/mol. The molecular formula is C13H21N3S. The quantitative estimate of drug-likeness (QED) is 0.896. The highest BCUT2D eigenvalue weighted by Crippen LogP contribution is 2.25. The van der Waals surface area contributed by atoms with Gasteiger partial charge in [0.15, 0.2) is 0 Å². The van der Waals surface area contributed by atoms with Crippen LogP contribution in [0.1, 0.15) is 32.0 Å². The van der Waals surface area contributed by atoms with Gasteiger partial charge in [-0.2, -0.15) is 11.8 Å². The van der Waals surface area contributed by atoms with E-state index in [1.807, 2.05) is 19.2 Å². The number of nitrogens with zero attached hydrogens (tertiary/aromatic N) is 2. The van der Waals surface area contributed by atoms with Gasteiger partial charge in [-0.25, -0.2) is 0 Å². The van der Waals surface area contributed by atoms with Gasteiger partial charge in [0, 0.05) is 30.1 Å². The Kier molecular flexibility index (Phi) is 4.29. The molecule has 0 amide bonds. The third-order valence-electron chi connectivity index (χ3n) is 3.20. The second-order valence-corrected chi connectivity index (χ2v) is 5.99. The van der Waals surface area contributed by atoms with Gasteiger partial charge in [-0.05, 0) is 25.5 Å². The minimum atomic E-state index is 0.0179. The fourth-order valence-corrected chi connectivity index (χ4v) is 3.23.